The van der Waals surface area contributed by atoms with Crippen LogP contribution in [0.2, 0.25) is 0 Å². The second kappa shape index (κ2) is 8.30. The lowest BCUT2D eigenvalue weighted by atomic mass is 10.1. The molecule has 7 nitrogen and oxygen atoms in total. The van der Waals surface area contributed by atoms with Crippen LogP contribution in [-0.2, 0) is 6.42 Å². The zero-order valence-electron chi connectivity index (χ0n) is 16.0. The first kappa shape index (κ1) is 19.5. The predicted molar refractivity (Wildman–Crippen MR) is 112 cm³/mol. The number of thiazole rings is 1. The lowest BCUT2D eigenvalue weighted by Crippen LogP contribution is -2.50. The average Bonchev–Trinajstić information content (AvgIpc) is 3.10. The van der Waals surface area contributed by atoms with E-state index in [1.807, 2.05) is 29.2 Å². The highest BCUT2D eigenvalue weighted by atomic mass is 32.1. The van der Waals surface area contributed by atoms with Gasteiger partial charge in [-0.25, -0.2) is 19.2 Å². The van der Waals surface area contributed by atoms with Gasteiger partial charge in [0.05, 0.1) is 16.3 Å². The van der Waals surface area contributed by atoms with E-state index >= 15 is 0 Å². The number of para-hydroxylation sites is 1. The van der Waals surface area contributed by atoms with Gasteiger partial charge in [0.25, 0.3) is 0 Å². The molecule has 29 heavy (non-hydrogen) atoms. The number of halogens is 1. The number of rotatable bonds is 4. The van der Waals surface area contributed by atoms with Crippen molar-refractivity contribution in [3.8, 4) is 0 Å². The Balaban J connectivity index is 1.35. The average molecular weight is 415 g/mol. The standard InChI is InChI=1S/C20H22FN5O2S/c1-13(27)10-14-11-15(21)18(22-12-14)25-6-8-26(9-7-25)20(28)24-19-23-16-4-2-3-5-17(16)29-19/h2-5,11-13,27H,6-10H2,1H3,(H,23,24,28)/t13-/m0/s1. The Morgan fingerprint density at radius 2 is 2.07 bits per heavy atom. The van der Waals surface area contributed by atoms with Gasteiger partial charge in [0.15, 0.2) is 16.8 Å². The topological polar surface area (TPSA) is 81.6 Å². The molecule has 0 saturated carbocycles. The number of nitrogens with one attached hydrogen (secondary N) is 1. The number of nitrogens with zero attached hydrogens (tertiary/aromatic N) is 4. The molecule has 0 spiro atoms. The van der Waals surface area contributed by atoms with Crippen LogP contribution in [0.3, 0.4) is 0 Å². The normalized spacial score (nSPS) is 15.6. The molecule has 3 heterocycles. The van der Waals surface area contributed by atoms with Gasteiger partial charge in [-0.15, -0.1) is 0 Å². The fourth-order valence-corrected chi connectivity index (χ4v) is 4.23. The summed E-state index contributed by atoms with van der Waals surface area (Å²) in [4.78, 5) is 24.7. The molecule has 2 amide bonds. The number of hydrogen-bond donors (Lipinski definition) is 2. The zero-order chi connectivity index (χ0) is 20.4. The third-order valence-electron chi connectivity index (χ3n) is 4.78. The Kier molecular flexibility index (Phi) is 5.59. The third-order valence-corrected chi connectivity index (χ3v) is 5.74. The van der Waals surface area contributed by atoms with Crippen molar-refractivity contribution < 1.29 is 14.3 Å². The molecule has 0 unspecified atom stereocenters. The van der Waals surface area contributed by atoms with Crippen molar-refractivity contribution >= 4 is 38.5 Å². The quantitative estimate of drug-likeness (QED) is 0.684. The highest BCUT2D eigenvalue weighted by Crippen LogP contribution is 2.26. The molecule has 1 fully saturated rings. The van der Waals surface area contributed by atoms with Gasteiger partial charge in [-0.2, -0.15) is 0 Å². The number of amides is 2. The number of pyridine rings is 1. The van der Waals surface area contributed by atoms with Crippen LogP contribution in [0.25, 0.3) is 10.2 Å². The number of aliphatic hydroxyl groups is 1. The monoisotopic (exact) mass is 415 g/mol. The van der Waals surface area contributed by atoms with Crippen LogP contribution in [0.15, 0.2) is 36.5 Å². The first-order valence-electron chi connectivity index (χ1n) is 9.48. The fourth-order valence-electron chi connectivity index (χ4n) is 3.37. The number of fused-ring (bicyclic) bond motifs is 1. The van der Waals surface area contributed by atoms with Crippen LogP contribution in [0.4, 0.5) is 20.1 Å². The van der Waals surface area contributed by atoms with Gasteiger partial charge in [0, 0.05) is 32.4 Å². The van der Waals surface area contributed by atoms with Gasteiger partial charge in [-0.1, -0.05) is 23.5 Å². The molecule has 2 aromatic heterocycles. The fraction of sp³-hybridized carbons (Fsp3) is 0.350. The molecule has 1 aliphatic heterocycles. The number of carbonyl (C=O) groups excluding carboxylic acids is 1. The van der Waals surface area contributed by atoms with Crippen LogP contribution < -0.4 is 10.2 Å². The number of aromatic nitrogens is 2. The van der Waals surface area contributed by atoms with Crippen molar-refractivity contribution in [3.05, 3.63) is 47.9 Å². The second-order valence-electron chi connectivity index (χ2n) is 7.09. The summed E-state index contributed by atoms with van der Waals surface area (Å²) in [5.41, 5.74) is 1.52. The van der Waals surface area contributed by atoms with Crippen molar-refractivity contribution in [1.29, 1.82) is 0 Å². The first-order chi connectivity index (χ1) is 14.0. The summed E-state index contributed by atoms with van der Waals surface area (Å²) in [6.07, 6.45) is 1.42. The predicted octanol–water partition coefficient (Wildman–Crippen LogP) is 3.11. The lowest BCUT2D eigenvalue weighted by Gasteiger charge is -2.35. The van der Waals surface area contributed by atoms with E-state index in [4.69, 9.17) is 0 Å². The van der Waals surface area contributed by atoms with E-state index in [1.54, 1.807) is 18.0 Å². The summed E-state index contributed by atoms with van der Waals surface area (Å²) in [5.74, 6) is -0.124. The number of hydrogen-bond acceptors (Lipinski definition) is 6. The Labute approximate surface area is 171 Å². The molecule has 2 N–H and O–H groups in total. The molecular formula is C20H22FN5O2S. The van der Waals surface area contributed by atoms with E-state index in [0.29, 0.717) is 43.3 Å². The van der Waals surface area contributed by atoms with Crippen molar-refractivity contribution in [3.63, 3.8) is 0 Å². The number of benzene rings is 1. The molecule has 1 atom stereocenters. The van der Waals surface area contributed by atoms with Crippen molar-refractivity contribution in [2.24, 2.45) is 0 Å². The minimum Gasteiger partial charge on any atom is -0.393 e. The molecule has 152 valence electrons. The summed E-state index contributed by atoms with van der Waals surface area (Å²) >= 11 is 1.44. The molecule has 0 aliphatic carbocycles. The van der Waals surface area contributed by atoms with Crippen molar-refractivity contribution in [1.82, 2.24) is 14.9 Å². The number of urea groups is 1. The van der Waals surface area contributed by atoms with Crippen LogP contribution in [-0.4, -0.2) is 58.3 Å². The Hall–Kier alpha value is -2.78. The van der Waals surface area contributed by atoms with Crippen LogP contribution in [0, 0.1) is 5.82 Å². The molecule has 1 aromatic carbocycles. The number of piperazine rings is 1. The summed E-state index contributed by atoms with van der Waals surface area (Å²) in [7, 11) is 0. The highest BCUT2D eigenvalue weighted by Gasteiger charge is 2.24. The van der Waals surface area contributed by atoms with Gasteiger partial charge >= 0.3 is 6.03 Å². The van der Waals surface area contributed by atoms with E-state index in [2.05, 4.69) is 15.3 Å². The van der Waals surface area contributed by atoms with Crippen molar-refractivity contribution in [2.75, 3.05) is 36.4 Å². The van der Waals surface area contributed by atoms with E-state index in [0.717, 1.165) is 10.2 Å². The lowest BCUT2D eigenvalue weighted by molar-refractivity contribution is 0.195. The minimum absolute atomic E-state index is 0.204. The molecule has 1 aliphatic rings. The minimum atomic E-state index is -0.542. The Bertz CT molecular complexity index is 984. The first-order valence-corrected chi connectivity index (χ1v) is 10.3. The SMILES string of the molecule is C[C@H](O)Cc1cnc(N2CCN(C(=O)Nc3nc4ccccc4s3)CC2)c(F)c1. The summed E-state index contributed by atoms with van der Waals surface area (Å²) in [5, 5.41) is 12.9. The maximum Gasteiger partial charge on any atom is 0.323 e. The maximum atomic E-state index is 14.4. The van der Waals surface area contributed by atoms with Gasteiger partial charge < -0.3 is 14.9 Å². The smallest absolute Gasteiger partial charge is 0.323 e. The van der Waals surface area contributed by atoms with E-state index in [-0.39, 0.29) is 11.8 Å². The van der Waals surface area contributed by atoms with Crippen LogP contribution in [0.1, 0.15) is 12.5 Å². The molecule has 3 aromatic rings. The molecule has 9 heteroatoms. The zero-order valence-corrected chi connectivity index (χ0v) is 16.8. The Morgan fingerprint density at radius 3 is 2.76 bits per heavy atom. The molecular weight excluding hydrogens is 393 g/mol. The van der Waals surface area contributed by atoms with Gasteiger partial charge in [0.2, 0.25) is 0 Å². The number of anilines is 2. The molecule has 4 rings (SSSR count). The summed E-state index contributed by atoms with van der Waals surface area (Å²) in [6, 6.07) is 8.95. The van der Waals surface area contributed by atoms with Gasteiger partial charge in [-0.05, 0) is 37.1 Å². The largest absolute Gasteiger partial charge is 0.393 e. The summed E-state index contributed by atoms with van der Waals surface area (Å²) in [6.45, 7) is 3.57. The summed E-state index contributed by atoms with van der Waals surface area (Å²) < 4.78 is 15.5. The molecule has 0 bridgehead atoms. The van der Waals surface area contributed by atoms with Crippen molar-refractivity contribution in [2.45, 2.75) is 19.4 Å². The molecule has 1 saturated heterocycles. The van der Waals surface area contributed by atoms with E-state index in [9.17, 15) is 14.3 Å². The maximum absolute atomic E-state index is 14.4. The van der Waals surface area contributed by atoms with Gasteiger partial charge in [-0.3, -0.25) is 5.32 Å². The highest BCUT2D eigenvalue weighted by molar-refractivity contribution is 7.22. The third kappa shape index (κ3) is 4.46. The second-order valence-corrected chi connectivity index (χ2v) is 8.12. The van der Waals surface area contributed by atoms with Gasteiger partial charge in [0.1, 0.15) is 0 Å². The van der Waals surface area contributed by atoms with E-state index in [1.165, 1.54) is 17.4 Å². The van der Waals surface area contributed by atoms with Crippen LogP contribution in [0.5, 0.6) is 0 Å². The van der Waals surface area contributed by atoms with Crippen LogP contribution >= 0.6 is 11.3 Å². The number of aliphatic hydroxyl groups excluding tert-OH is 1. The Morgan fingerprint density at radius 1 is 1.31 bits per heavy atom. The number of carbonyl (C=O) groups is 1. The molecule has 0 radical (unpaired) electrons. The van der Waals surface area contributed by atoms with E-state index < -0.39 is 11.9 Å².